The lowest BCUT2D eigenvalue weighted by atomic mass is 9.91. The van der Waals surface area contributed by atoms with Crippen LogP contribution >= 0.6 is 0 Å². The quantitative estimate of drug-likeness (QED) is 0.457. The maximum absolute atomic E-state index is 3.77. The van der Waals surface area contributed by atoms with Gasteiger partial charge in [0.15, 0.2) is 0 Å². The molecule has 0 heterocycles. The Morgan fingerprint density at radius 3 is 2.47 bits per heavy atom. The van der Waals surface area contributed by atoms with Crippen LogP contribution in [0.1, 0.15) is 49.7 Å². The SMILES string of the molecule is C=CCCCC(CC)c1ccc(C)cc1. The second-order valence-corrected chi connectivity index (χ2v) is 4.24. The normalized spacial score (nSPS) is 12.4. The van der Waals surface area contributed by atoms with Crippen LogP contribution in [0, 0.1) is 6.92 Å². The van der Waals surface area contributed by atoms with E-state index in [4.69, 9.17) is 0 Å². The molecule has 0 aliphatic heterocycles. The van der Waals surface area contributed by atoms with E-state index in [0.717, 1.165) is 12.3 Å². The van der Waals surface area contributed by atoms with E-state index >= 15 is 0 Å². The summed E-state index contributed by atoms with van der Waals surface area (Å²) in [5, 5.41) is 0. The first kappa shape index (κ1) is 12.0. The van der Waals surface area contributed by atoms with E-state index in [1.165, 1.54) is 30.4 Å². The van der Waals surface area contributed by atoms with Crippen LogP contribution in [0.25, 0.3) is 0 Å². The molecule has 0 fully saturated rings. The van der Waals surface area contributed by atoms with Crippen LogP contribution in [0.15, 0.2) is 36.9 Å². The van der Waals surface area contributed by atoms with Crippen molar-refractivity contribution in [3.8, 4) is 0 Å². The Morgan fingerprint density at radius 1 is 1.27 bits per heavy atom. The molecular formula is C15H22. The Kier molecular flexibility index (Phi) is 5.17. The second-order valence-electron chi connectivity index (χ2n) is 4.24. The van der Waals surface area contributed by atoms with Crippen molar-refractivity contribution in [2.24, 2.45) is 0 Å². The van der Waals surface area contributed by atoms with Gasteiger partial charge in [-0.25, -0.2) is 0 Å². The topological polar surface area (TPSA) is 0 Å². The molecule has 15 heavy (non-hydrogen) atoms. The zero-order valence-corrected chi connectivity index (χ0v) is 10.00. The summed E-state index contributed by atoms with van der Waals surface area (Å²) in [6, 6.07) is 8.98. The number of allylic oxidation sites excluding steroid dienone is 1. The summed E-state index contributed by atoms with van der Waals surface area (Å²) in [5.74, 6) is 0.727. The van der Waals surface area contributed by atoms with E-state index in [9.17, 15) is 0 Å². The van der Waals surface area contributed by atoms with Crippen LogP contribution in [0.5, 0.6) is 0 Å². The third-order valence-electron chi connectivity index (χ3n) is 3.00. The summed E-state index contributed by atoms with van der Waals surface area (Å²) in [5.41, 5.74) is 2.84. The Morgan fingerprint density at radius 2 is 1.93 bits per heavy atom. The molecule has 0 spiro atoms. The van der Waals surface area contributed by atoms with Gasteiger partial charge in [0.25, 0.3) is 0 Å². The molecule has 0 saturated carbocycles. The van der Waals surface area contributed by atoms with E-state index < -0.39 is 0 Å². The predicted octanol–water partition coefficient (Wildman–Crippen LogP) is 4.84. The van der Waals surface area contributed by atoms with Crippen molar-refractivity contribution in [1.29, 1.82) is 0 Å². The first-order valence-corrected chi connectivity index (χ1v) is 5.95. The van der Waals surface area contributed by atoms with Gasteiger partial charge in [0, 0.05) is 0 Å². The van der Waals surface area contributed by atoms with Gasteiger partial charge in [0.05, 0.1) is 0 Å². The Hall–Kier alpha value is -1.04. The fourth-order valence-electron chi connectivity index (χ4n) is 1.95. The smallest absolute Gasteiger partial charge is 0.0164 e. The van der Waals surface area contributed by atoms with Crippen LogP contribution in [0.2, 0.25) is 0 Å². The first-order chi connectivity index (χ1) is 7.27. The minimum Gasteiger partial charge on any atom is -0.103 e. The summed E-state index contributed by atoms with van der Waals surface area (Å²) >= 11 is 0. The summed E-state index contributed by atoms with van der Waals surface area (Å²) < 4.78 is 0. The highest BCUT2D eigenvalue weighted by molar-refractivity contribution is 5.24. The second kappa shape index (κ2) is 6.44. The highest BCUT2D eigenvalue weighted by atomic mass is 14.1. The Bertz CT molecular complexity index is 281. The minimum absolute atomic E-state index is 0.727. The molecule has 0 N–H and O–H groups in total. The number of unbranched alkanes of at least 4 members (excludes halogenated alkanes) is 1. The maximum atomic E-state index is 3.77. The van der Waals surface area contributed by atoms with Crippen LogP contribution in [0.3, 0.4) is 0 Å². The van der Waals surface area contributed by atoms with Gasteiger partial charge >= 0.3 is 0 Å². The standard InChI is InChI=1S/C15H22/c1-4-6-7-8-14(5-2)15-11-9-13(3)10-12-15/h4,9-12,14H,1,5-8H2,2-3H3. The third kappa shape index (κ3) is 3.91. The molecule has 1 rings (SSSR count). The van der Waals surface area contributed by atoms with E-state index in [1.807, 2.05) is 6.08 Å². The number of benzene rings is 1. The average molecular weight is 202 g/mol. The molecule has 0 aliphatic carbocycles. The van der Waals surface area contributed by atoms with E-state index in [2.05, 4.69) is 44.7 Å². The molecular weight excluding hydrogens is 180 g/mol. The minimum atomic E-state index is 0.727. The molecule has 82 valence electrons. The number of hydrogen-bond acceptors (Lipinski definition) is 0. The molecule has 0 saturated heterocycles. The molecule has 0 aliphatic rings. The van der Waals surface area contributed by atoms with Crippen molar-refractivity contribution < 1.29 is 0 Å². The van der Waals surface area contributed by atoms with Gasteiger partial charge in [-0.15, -0.1) is 6.58 Å². The third-order valence-corrected chi connectivity index (χ3v) is 3.00. The molecule has 0 aromatic heterocycles. The molecule has 1 atom stereocenters. The van der Waals surface area contributed by atoms with Crippen molar-refractivity contribution in [2.45, 2.75) is 45.4 Å². The fourth-order valence-corrected chi connectivity index (χ4v) is 1.95. The van der Waals surface area contributed by atoms with Crippen molar-refractivity contribution in [1.82, 2.24) is 0 Å². The van der Waals surface area contributed by atoms with Gasteiger partial charge in [-0.2, -0.15) is 0 Å². The highest BCUT2D eigenvalue weighted by Crippen LogP contribution is 2.25. The monoisotopic (exact) mass is 202 g/mol. The predicted molar refractivity (Wildman–Crippen MR) is 68.3 cm³/mol. The molecule has 0 radical (unpaired) electrons. The van der Waals surface area contributed by atoms with Gasteiger partial charge in [-0.1, -0.05) is 42.8 Å². The van der Waals surface area contributed by atoms with Gasteiger partial charge in [0.1, 0.15) is 0 Å². The zero-order chi connectivity index (χ0) is 11.1. The summed E-state index contributed by atoms with van der Waals surface area (Å²) in [6.45, 7) is 8.19. The van der Waals surface area contributed by atoms with Crippen molar-refractivity contribution >= 4 is 0 Å². The van der Waals surface area contributed by atoms with Crippen LogP contribution in [-0.2, 0) is 0 Å². The summed E-state index contributed by atoms with van der Waals surface area (Å²) in [4.78, 5) is 0. The van der Waals surface area contributed by atoms with Crippen molar-refractivity contribution in [3.05, 3.63) is 48.0 Å². The molecule has 1 unspecified atom stereocenters. The fraction of sp³-hybridized carbons (Fsp3) is 0.467. The van der Waals surface area contributed by atoms with E-state index in [1.54, 1.807) is 0 Å². The lowest BCUT2D eigenvalue weighted by molar-refractivity contribution is 0.580. The number of rotatable bonds is 6. The van der Waals surface area contributed by atoms with Gasteiger partial charge in [0.2, 0.25) is 0 Å². The van der Waals surface area contributed by atoms with Gasteiger partial charge in [-0.05, 0) is 44.1 Å². The average Bonchev–Trinajstić information content (AvgIpc) is 2.26. The maximum Gasteiger partial charge on any atom is -0.0164 e. The van der Waals surface area contributed by atoms with Gasteiger partial charge < -0.3 is 0 Å². The number of hydrogen-bond donors (Lipinski definition) is 0. The molecule has 0 nitrogen and oxygen atoms in total. The van der Waals surface area contributed by atoms with Crippen LogP contribution in [0.4, 0.5) is 0 Å². The molecule has 0 heteroatoms. The van der Waals surface area contributed by atoms with Crippen molar-refractivity contribution in [3.63, 3.8) is 0 Å². The Balaban J connectivity index is 2.57. The Labute approximate surface area is 94.0 Å². The van der Waals surface area contributed by atoms with Crippen LogP contribution < -0.4 is 0 Å². The lowest BCUT2D eigenvalue weighted by Gasteiger charge is -2.14. The van der Waals surface area contributed by atoms with Crippen molar-refractivity contribution in [2.75, 3.05) is 0 Å². The summed E-state index contributed by atoms with van der Waals surface area (Å²) in [6.07, 6.45) is 6.94. The largest absolute Gasteiger partial charge is 0.103 e. The highest BCUT2D eigenvalue weighted by Gasteiger charge is 2.07. The molecule has 1 aromatic carbocycles. The molecule has 0 bridgehead atoms. The summed E-state index contributed by atoms with van der Waals surface area (Å²) in [7, 11) is 0. The lowest BCUT2D eigenvalue weighted by Crippen LogP contribution is -1.97. The molecule has 1 aromatic rings. The molecule has 0 amide bonds. The number of aryl methyl sites for hydroxylation is 1. The van der Waals surface area contributed by atoms with E-state index in [-0.39, 0.29) is 0 Å². The van der Waals surface area contributed by atoms with E-state index in [0.29, 0.717) is 0 Å². The van der Waals surface area contributed by atoms with Crippen LogP contribution in [-0.4, -0.2) is 0 Å². The first-order valence-electron chi connectivity index (χ1n) is 5.95. The van der Waals surface area contributed by atoms with Gasteiger partial charge in [-0.3, -0.25) is 0 Å². The zero-order valence-electron chi connectivity index (χ0n) is 10.00.